The van der Waals surface area contributed by atoms with Crippen LogP contribution in [0.2, 0.25) is 0 Å². The van der Waals surface area contributed by atoms with Crippen LogP contribution in [-0.2, 0) is 0 Å². The number of rotatable bonds is 3. The second kappa shape index (κ2) is 5.85. The Kier molecular flexibility index (Phi) is 3.69. The summed E-state index contributed by atoms with van der Waals surface area (Å²) in [6.07, 6.45) is 2.01. The van der Waals surface area contributed by atoms with Crippen molar-refractivity contribution in [3.05, 3.63) is 42.6 Å². The zero-order chi connectivity index (χ0) is 15.8. The van der Waals surface area contributed by atoms with E-state index in [1.54, 1.807) is 7.11 Å². The molecule has 0 bridgehead atoms. The minimum atomic E-state index is 0.818. The quantitative estimate of drug-likeness (QED) is 0.872. The van der Waals surface area contributed by atoms with Gasteiger partial charge in [0.05, 0.1) is 24.7 Å². The molecular formula is C19H23N3O. The Balaban J connectivity index is 1.50. The van der Waals surface area contributed by atoms with Gasteiger partial charge >= 0.3 is 0 Å². The molecule has 2 fully saturated rings. The summed E-state index contributed by atoms with van der Waals surface area (Å²) in [6.45, 7) is 4.79. The van der Waals surface area contributed by atoms with Gasteiger partial charge in [0, 0.05) is 31.7 Å². The van der Waals surface area contributed by atoms with Crippen LogP contribution in [0.15, 0.2) is 42.6 Å². The maximum absolute atomic E-state index is 5.29. The molecule has 0 radical (unpaired) electrons. The normalized spacial score (nSPS) is 24.0. The lowest BCUT2D eigenvalue weighted by Gasteiger charge is -2.21. The number of ether oxygens (including phenoxy) is 1. The van der Waals surface area contributed by atoms with Crippen molar-refractivity contribution in [1.29, 1.82) is 0 Å². The van der Waals surface area contributed by atoms with Gasteiger partial charge in [-0.1, -0.05) is 12.1 Å². The van der Waals surface area contributed by atoms with Crippen molar-refractivity contribution in [2.24, 2.45) is 11.8 Å². The monoisotopic (exact) mass is 309 g/mol. The van der Waals surface area contributed by atoms with Crippen LogP contribution in [0.5, 0.6) is 5.75 Å². The summed E-state index contributed by atoms with van der Waals surface area (Å²) in [4.78, 5) is 9.62. The van der Waals surface area contributed by atoms with Gasteiger partial charge in [-0.05, 0) is 43.1 Å². The van der Waals surface area contributed by atoms with Gasteiger partial charge in [0.2, 0.25) is 0 Å². The molecule has 2 aliphatic heterocycles. The first-order valence-corrected chi connectivity index (χ1v) is 8.27. The lowest BCUT2D eigenvalue weighted by Crippen LogP contribution is -2.26. The molecule has 2 aromatic rings. The number of nitrogens with zero attached hydrogens (tertiary/aromatic N) is 3. The molecule has 3 heterocycles. The van der Waals surface area contributed by atoms with Gasteiger partial charge in [-0.25, -0.2) is 0 Å². The Morgan fingerprint density at radius 3 is 2.48 bits per heavy atom. The molecule has 2 atom stereocenters. The maximum atomic E-state index is 5.29. The topological polar surface area (TPSA) is 28.6 Å². The van der Waals surface area contributed by atoms with Gasteiger partial charge in [0.25, 0.3) is 0 Å². The van der Waals surface area contributed by atoms with Crippen molar-refractivity contribution in [3.8, 4) is 17.0 Å². The average molecular weight is 309 g/mol. The zero-order valence-electron chi connectivity index (χ0n) is 13.8. The molecule has 120 valence electrons. The Morgan fingerprint density at radius 1 is 1.04 bits per heavy atom. The molecule has 0 amide bonds. The fourth-order valence-electron chi connectivity index (χ4n) is 3.96. The smallest absolute Gasteiger partial charge is 0.119 e. The molecule has 0 spiro atoms. The molecule has 0 saturated carbocycles. The zero-order valence-corrected chi connectivity index (χ0v) is 13.8. The molecule has 1 aromatic carbocycles. The highest BCUT2D eigenvalue weighted by Crippen LogP contribution is 2.33. The summed E-state index contributed by atoms with van der Waals surface area (Å²) in [5.41, 5.74) is 3.33. The largest absolute Gasteiger partial charge is 0.497 e. The van der Waals surface area contributed by atoms with Crippen LogP contribution in [0.25, 0.3) is 11.3 Å². The highest BCUT2D eigenvalue weighted by Gasteiger charge is 2.38. The maximum Gasteiger partial charge on any atom is 0.119 e. The van der Waals surface area contributed by atoms with E-state index in [1.165, 1.54) is 18.8 Å². The molecule has 0 unspecified atom stereocenters. The number of hydrogen-bond acceptors (Lipinski definition) is 4. The predicted molar refractivity (Wildman–Crippen MR) is 92.9 cm³/mol. The highest BCUT2D eigenvalue weighted by atomic mass is 16.5. The van der Waals surface area contributed by atoms with Crippen LogP contribution >= 0.6 is 0 Å². The molecular weight excluding hydrogens is 286 g/mol. The van der Waals surface area contributed by atoms with E-state index in [9.17, 15) is 0 Å². The van der Waals surface area contributed by atoms with Crippen LogP contribution < -0.4 is 9.64 Å². The Hall–Kier alpha value is -2.07. The van der Waals surface area contributed by atoms with E-state index in [2.05, 4.69) is 40.0 Å². The number of pyridine rings is 1. The summed E-state index contributed by atoms with van der Waals surface area (Å²) in [7, 11) is 3.92. The molecule has 4 heteroatoms. The van der Waals surface area contributed by atoms with E-state index in [0.717, 1.165) is 41.9 Å². The van der Waals surface area contributed by atoms with E-state index in [4.69, 9.17) is 4.74 Å². The molecule has 2 saturated heterocycles. The molecule has 4 nitrogen and oxygen atoms in total. The van der Waals surface area contributed by atoms with Gasteiger partial charge in [0.15, 0.2) is 0 Å². The average Bonchev–Trinajstić information content (AvgIpc) is 3.12. The van der Waals surface area contributed by atoms with E-state index < -0.39 is 0 Å². The van der Waals surface area contributed by atoms with Crippen molar-refractivity contribution in [2.45, 2.75) is 0 Å². The molecule has 1 aromatic heterocycles. The highest BCUT2D eigenvalue weighted by molar-refractivity contribution is 5.63. The number of likely N-dealkylation sites (tertiary alicyclic amines) is 1. The second-order valence-corrected chi connectivity index (χ2v) is 6.78. The van der Waals surface area contributed by atoms with Crippen LogP contribution in [0.4, 0.5) is 5.69 Å². The van der Waals surface area contributed by atoms with Crippen molar-refractivity contribution in [3.63, 3.8) is 0 Å². The third kappa shape index (κ3) is 2.79. The van der Waals surface area contributed by atoms with Crippen LogP contribution in [0.3, 0.4) is 0 Å². The molecule has 4 rings (SSSR count). The summed E-state index contributed by atoms with van der Waals surface area (Å²) in [5, 5.41) is 0. The number of fused-ring (bicyclic) bond motifs is 1. The van der Waals surface area contributed by atoms with Crippen LogP contribution in [0.1, 0.15) is 0 Å². The Labute approximate surface area is 137 Å². The summed E-state index contributed by atoms with van der Waals surface area (Å²) in [6, 6.07) is 12.4. The molecule has 2 aliphatic rings. The van der Waals surface area contributed by atoms with Gasteiger partial charge in [-0.2, -0.15) is 0 Å². The van der Waals surface area contributed by atoms with Crippen LogP contribution in [0, 0.1) is 11.8 Å². The van der Waals surface area contributed by atoms with E-state index >= 15 is 0 Å². The minimum Gasteiger partial charge on any atom is -0.497 e. The van der Waals surface area contributed by atoms with Crippen molar-refractivity contribution in [1.82, 2.24) is 9.88 Å². The summed E-state index contributed by atoms with van der Waals surface area (Å²) in [5.74, 6) is 2.50. The van der Waals surface area contributed by atoms with E-state index in [-0.39, 0.29) is 0 Å². The lowest BCUT2D eigenvalue weighted by atomic mass is 10.0. The van der Waals surface area contributed by atoms with Gasteiger partial charge in [-0.3, -0.25) is 4.98 Å². The molecule has 23 heavy (non-hydrogen) atoms. The number of anilines is 1. The van der Waals surface area contributed by atoms with Crippen molar-refractivity contribution in [2.75, 3.05) is 45.2 Å². The van der Waals surface area contributed by atoms with Crippen LogP contribution in [-0.4, -0.2) is 50.2 Å². The molecule has 0 N–H and O–H groups in total. The Bertz CT molecular complexity index is 671. The third-order valence-electron chi connectivity index (χ3n) is 5.15. The van der Waals surface area contributed by atoms with Gasteiger partial charge in [-0.15, -0.1) is 0 Å². The summed E-state index contributed by atoms with van der Waals surface area (Å²) < 4.78 is 5.29. The first-order chi connectivity index (χ1) is 11.2. The fraction of sp³-hybridized carbons (Fsp3) is 0.421. The number of benzene rings is 1. The number of methoxy groups -OCH3 is 1. The first kappa shape index (κ1) is 14.5. The Morgan fingerprint density at radius 2 is 1.83 bits per heavy atom. The first-order valence-electron chi connectivity index (χ1n) is 8.27. The van der Waals surface area contributed by atoms with E-state index in [0.29, 0.717) is 0 Å². The summed E-state index contributed by atoms with van der Waals surface area (Å²) >= 11 is 0. The SMILES string of the molecule is COc1cccc(-c2ccc(N3C[C@H]4CN(C)C[C@H]4C3)cn2)c1. The van der Waals surface area contributed by atoms with Crippen molar-refractivity contribution >= 4 is 5.69 Å². The standard InChI is InChI=1S/C19H23N3O/c1-21-10-15-12-22(13-16(15)11-21)17-6-7-19(20-9-17)14-4-3-5-18(8-14)23-2/h3-9,15-16H,10-13H2,1-2H3/t15-,16+. The predicted octanol–water partition coefficient (Wildman–Crippen LogP) is 2.76. The van der Waals surface area contributed by atoms with Crippen molar-refractivity contribution < 1.29 is 4.74 Å². The van der Waals surface area contributed by atoms with Gasteiger partial charge in [0.1, 0.15) is 5.75 Å². The van der Waals surface area contributed by atoms with E-state index in [1.807, 2.05) is 24.4 Å². The number of aromatic nitrogens is 1. The number of hydrogen-bond donors (Lipinski definition) is 0. The lowest BCUT2D eigenvalue weighted by molar-refractivity contribution is 0.387. The molecule has 0 aliphatic carbocycles. The van der Waals surface area contributed by atoms with Gasteiger partial charge < -0.3 is 14.5 Å². The fourth-order valence-corrected chi connectivity index (χ4v) is 3.96. The second-order valence-electron chi connectivity index (χ2n) is 6.78. The third-order valence-corrected chi connectivity index (χ3v) is 5.15. The minimum absolute atomic E-state index is 0.818.